The Bertz CT molecular complexity index is 536. The number of carbonyl (C=O) groups excluding carboxylic acids is 1. The van der Waals surface area contributed by atoms with Gasteiger partial charge >= 0.3 is 0 Å². The molecule has 0 aromatic heterocycles. The van der Waals surface area contributed by atoms with Crippen LogP contribution in [0.3, 0.4) is 0 Å². The van der Waals surface area contributed by atoms with Gasteiger partial charge < -0.3 is 4.90 Å². The Kier molecular flexibility index (Phi) is 2.80. The van der Waals surface area contributed by atoms with E-state index in [1.807, 2.05) is 24.3 Å². The summed E-state index contributed by atoms with van der Waals surface area (Å²) in [5.74, 6) is 0. The molecule has 3 nitrogen and oxygen atoms in total. The monoisotopic (exact) mass is 308 g/mol. The second kappa shape index (κ2) is 4.31. The number of thioether (sulfide) groups is 1. The minimum absolute atomic E-state index is 0.755. The second-order valence-electron chi connectivity index (χ2n) is 3.76. The van der Waals surface area contributed by atoms with Crippen molar-refractivity contribution in [2.45, 2.75) is 0 Å². The van der Waals surface area contributed by atoms with Crippen molar-refractivity contribution in [1.29, 1.82) is 0 Å². The molecule has 1 aromatic rings. The Morgan fingerprint density at radius 2 is 2.12 bits per heavy atom. The van der Waals surface area contributed by atoms with Crippen molar-refractivity contribution in [3.05, 3.63) is 39.2 Å². The zero-order valence-corrected chi connectivity index (χ0v) is 11.3. The molecule has 0 unspecified atom stereocenters. The maximum Gasteiger partial charge on any atom is 0.168 e. The molecule has 0 atom stereocenters. The van der Waals surface area contributed by atoms with Gasteiger partial charge in [-0.3, -0.25) is 9.79 Å². The number of halogens is 1. The summed E-state index contributed by atoms with van der Waals surface area (Å²) in [6.45, 7) is 1.68. The first-order chi connectivity index (χ1) is 8.29. The lowest BCUT2D eigenvalue weighted by atomic mass is 10.1. The van der Waals surface area contributed by atoms with Gasteiger partial charge in [-0.05, 0) is 29.5 Å². The van der Waals surface area contributed by atoms with Gasteiger partial charge in [-0.1, -0.05) is 28.1 Å². The van der Waals surface area contributed by atoms with Crippen molar-refractivity contribution in [1.82, 2.24) is 4.90 Å². The number of amidine groups is 1. The number of carbonyl (C=O) groups is 1. The Morgan fingerprint density at radius 1 is 1.35 bits per heavy atom. The molecule has 2 aliphatic rings. The third-order valence-electron chi connectivity index (χ3n) is 2.73. The first-order valence-corrected chi connectivity index (χ1v) is 6.86. The van der Waals surface area contributed by atoms with E-state index in [4.69, 9.17) is 0 Å². The summed E-state index contributed by atoms with van der Waals surface area (Å²) in [4.78, 5) is 18.4. The van der Waals surface area contributed by atoms with E-state index in [0.29, 0.717) is 0 Å². The van der Waals surface area contributed by atoms with Gasteiger partial charge in [0.2, 0.25) is 0 Å². The van der Waals surface area contributed by atoms with E-state index in [1.165, 1.54) is 11.8 Å². The predicted octanol–water partition coefficient (Wildman–Crippen LogP) is 2.74. The van der Waals surface area contributed by atoms with Crippen LogP contribution in [0, 0.1) is 0 Å². The van der Waals surface area contributed by atoms with E-state index in [-0.39, 0.29) is 0 Å². The molecule has 0 N–H and O–H groups in total. The average Bonchev–Trinajstić information content (AvgIpc) is 2.89. The Labute approximate surface area is 112 Å². The molecule has 1 aromatic carbocycles. The van der Waals surface area contributed by atoms with Crippen LogP contribution in [0.5, 0.6) is 0 Å². The van der Waals surface area contributed by atoms with E-state index < -0.39 is 0 Å². The van der Waals surface area contributed by atoms with Crippen LogP contribution in [0.1, 0.15) is 5.56 Å². The zero-order chi connectivity index (χ0) is 11.8. The maximum atomic E-state index is 11.1. The summed E-state index contributed by atoms with van der Waals surface area (Å²) >= 11 is 4.88. The average molecular weight is 309 g/mol. The minimum atomic E-state index is 0.755. The van der Waals surface area contributed by atoms with E-state index in [9.17, 15) is 4.79 Å². The second-order valence-corrected chi connectivity index (χ2v) is 5.68. The van der Waals surface area contributed by atoms with Crippen molar-refractivity contribution in [3.8, 4) is 0 Å². The van der Waals surface area contributed by atoms with Crippen LogP contribution in [-0.2, 0) is 4.79 Å². The summed E-state index contributed by atoms with van der Waals surface area (Å²) in [6.07, 6.45) is 0.920. The standard InChI is InChI=1S/C12H9BrN2OS/c13-9-3-1-8(2-4-9)11-10(7-16)17-12-14-5-6-15(11)12/h1-4,7H,5-6H2. The van der Waals surface area contributed by atoms with Crippen LogP contribution in [0.15, 0.2) is 38.6 Å². The molecule has 0 amide bonds. The number of allylic oxidation sites excluding steroid dienone is 1. The first-order valence-electron chi connectivity index (χ1n) is 5.25. The lowest BCUT2D eigenvalue weighted by molar-refractivity contribution is -0.104. The summed E-state index contributed by atoms with van der Waals surface area (Å²) < 4.78 is 1.04. The van der Waals surface area contributed by atoms with Crippen molar-refractivity contribution in [2.75, 3.05) is 13.1 Å². The van der Waals surface area contributed by atoms with E-state index in [2.05, 4.69) is 25.8 Å². The molecular formula is C12H9BrN2OS. The number of aliphatic imine (C=N–C) groups is 1. The van der Waals surface area contributed by atoms with Crippen LogP contribution < -0.4 is 0 Å². The van der Waals surface area contributed by atoms with Crippen molar-refractivity contribution in [3.63, 3.8) is 0 Å². The molecule has 86 valence electrons. The van der Waals surface area contributed by atoms with Gasteiger partial charge in [-0.25, -0.2) is 0 Å². The summed E-state index contributed by atoms with van der Waals surface area (Å²) in [5.41, 5.74) is 2.06. The number of aldehydes is 1. The lowest BCUT2D eigenvalue weighted by Crippen LogP contribution is -2.20. The van der Waals surface area contributed by atoms with E-state index in [0.717, 1.165) is 45.2 Å². The molecule has 0 spiro atoms. The van der Waals surface area contributed by atoms with Gasteiger partial charge in [0.1, 0.15) is 0 Å². The summed E-state index contributed by atoms with van der Waals surface area (Å²) in [7, 11) is 0. The molecule has 5 heteroatoms. The van der Waals surface area contributed by atoms with Crippen LogP contribution in [0.25, 0.3) is 5.70 Å². The number of benzene rings is 1. The first kappa shape index (κ1) is 11.0. The third kappa shape index (κ3) is 1.83. The highest BCUT2D eigenvalue weighted by Gasteiger charge is 2.32. The fourth-order valence-electron chi connectivity index (χ4n) is 1.99. The van der Waals surface area contributed by atoms with Gasteiger partial charge in [0.15, 0.2) is 11.5 Å². The molecular weight excluding hydrogens is 300 g/mol. The Morgan fingerprint density at radius 3 is 2.82 bits per heavy atom. The van der Waals surface area contributed by atoms with Gasteiger partial charge in [-0.2, -0.15) is 0 Å². The van der Waals surface area contributed by atoms with Crippen molar-refractivity contribution >= 4 is 44.8 Å². The SMILES string of the molecule is O=CC1=C(c2ccc(Br)cc2)N2CCN=C2S1. The number of rotatable bonds is 2. The smallest absolute Gasteiger partial charge is 0.168 e. The molecule has 0 fully saturated rings. The van der Waals surface area contributed by atoms with E-state index in [1.54, 1.807) is 0 Å². The molecule has 0 saturated heterocycles. The van der Waals surface area contributed by atoms with Gasteiger partial charge in [0, 0.05) is 11.0 Å². The Balaban J connectivity index is 2.07. The quantitative estimate of drug-likeness (QED) is 0.788. The number of hydrogen-bond donors (Lipinski definition) is 0. The molecule has 2 aliphatic heterocycles. The molecule has 0 saturated carbocycles. The predicted molar refractivity (Wildman–Crippen MR) is 73.7 cm³/mol. The normalized spacial score (nSPS) is 18.4. The minimum Gasteiger partial charge on any atom is -0.317 e. The van der Waals surface area contributed by atoms with Gasteiger partial charge in [-0.15, -0.1) is 0 Å². The Hall–Kier alpha value is -1.07. The highest BCUT2D eigenvalue weighted by atomic mass is 79.9. The van der Waals surface area contributed by atoms with Crippen LogP contribution in [-0.4, -0.2) is 29.4 Å². The molecule has 2 heterocycles. The zero-order valence-electron chi connectivity index (χ0n) is 8.89. The fraction of sp³-hybridized carbons (Fsp3) is 0.167. The van der Waals surface area contributed by atoms with Crippen molar-refractivity contribution in [2.24, 2.45) is 4.99 Å². The fourth-order valence-corrected chi connectivity index (χ4v) is 3.27. The molecule has 0 bridgehead atoms. The largest absolute Gasteiger partial charge is 0.317 e. The van der Waals surface area contributed by atoms with Crippen LogP contribution in [0.4, 0.5) is 0 Å². The van der Waals surface area contributed by atoms with Gasteiger partial charge in [0.05, 0.1) is 17.1 Å². The summed E-state index contributed by atoms with van der Waals surface area (Å²) in [5, 5.41) is 0.949. The number of fused-ring (bicyclic) bond motifs is 1. The molecule has 0 radical (unpaired) electrons. The lowest BCUT2D eigenvalue weighted by Gasteiger charge is -2.16. The van der Waals surface area contributed by atoms with Crippen LogP contribution in [0.2, 0.25) is 0 Å². The van der Waals surface area contributed by atoms with E-state index >= 15 is 0 Å². The molecule has 17 heavy (non-hydrogen) atoms. The number of hydrogen-bond acceptors (Lipinski definition) is 4. The van der Waals surface area contributed by atoms with Gasteiger partial charge in [0.25, 0.3) is 0 Å². The topological polar surface area (TPSA) is 32.7 Å². The third-order valence-corrected chi connectivity index (χ3v) is 4.30. The highest BCUT2D eigenvalue weighted by molar-refractivity contribution is 9.10. The number of nitrogens with zero attached hydrogens (tertiary/aromatic N) is 2. The van der Waals surface area contributed by atoms with Crippen LogP contribution >= 0.6 is 27.7 Å². The van der Waals surface area contributed by atoms with Crippen molar-refractivity contribution < 1.29 is 4.79 Å². The molecule has 0 aliphatic carbocycles. The summed E-state index contributed by atoms with van der Waals surface area (Å²) in [6, 6.07) is 8.01. The maximum absolute atomic E-state index is 11.1. The molecule has 3 rings (SSSR count). The highest BCUT2D eigenvalue weighted by Crippen LogP contribution is 2.40.